The Hall–Kier alpha value is -1.57. The standard InChI is InChI=1S/C11H17F3N4O/c1-15-8-7-9(19-6-4-5-18(2)3)17-10(16-8)11(12,13)14/h7H,4-6H2,1-3H3,(H,15,16,17). The van der Waals surface area contributed by atoms with Crippen LogP contribution >= 0.6 is 0 Å². The molecule has 0 aliphatic carbocycles. The van der Waals surface area contributed by atoms with Crippen molar-refractivity contribution in [3.63, 3.8) is 0 Å². The van der Waals surface area contributed by atoms with Crippen LogP contribution in [0, 0.1) is 0 Å². The molecule has 1 rings (SSSR count). The number of aromatic nitrogens is 2. The fourth-order valence-electron chi connectivity index (χ4n) is 1.31. The number of hydrogen-bond donors (Lipinski definition) is 1. The number of alkyl halides is 3. The topological polar surface area (TPSA) is 50.3 Å². The Balaban J connectivity index is 2.72. The molecule has 0 saturated heterocycles. The van der Waals surface area contributed by atoms with Crippen LogP contribution in [0.1, 0.15) is 12.2 Å². The zero-order valence-corrected chi connectivity index (χ0v) is 11.1. The summed E-state index contributed by atoms with van der Waals surface area (Å²) in [4.78, 5) is 8.66. The van der Waals surface area contributed by atoms with Gasteiger partial charge in [-0.25, -0.2) is 4.98 Å². The van der Waals surface area contributed by atoms with Crippen LogP contribution in [0.25, 0.3) is 0 Å². The van der Waals surface area contributed by atoms with E-state index in [0.29, 0.717) is 13.0 Å². The average molecular weight is 278 g/mol. The predicted octanol–water partition coefficient (Wildman–Crippen LogP) is 1.87. The first-order chi connectivity index (χ1) is 8.82. The second-order valence-corrected chi connectivity index (χ2v) is 4.17. The molecule has 0 fully saturated rings. The number of nitrogens with zero attached hydrogens (tertiary/aromatic N) is 3. The third kappa shape index (κ3) is 5.29. The summed E-state index contributed by atoms with van der Waals surface area (Å²) in [7, 11) is 5.30. The third-order valence-corrected chi connectivity index (χ3v) is 2.21. The summed E-state index contributed by atoms with van der Waals surface area (Å²) >= 11 is 0. The van der Waals surface area contributed by atoms with E-state index in [9.17, 15) is 13.2 Å². The number of hydrogen-bond acceptors (Lipinski definition) is 5. The lowest BCUT2D eigenvalue weighted by Crippen LogP contribution is -2.17. The van der Waals surface area contributed by atoms with Crippen LogP contribution in [-0.2, 0) is 6.18 Å². The van der Waals surface area contributed by atoms with E-state index in [1.54, 1.807) is 0 Å². The molecule has 0 amide bonds. The fraction of sp³-hybridized carbons (Fsp3) is 0.636. The van der Waals surface area contributed by atoms with Gasteiger partial charge < -0.3 is 15.0 Å². The van der Waals surface area contributed by atoms with Gasteiger partial charge in [-0.05, 0) is 20.5 Å². The highest BCUT2D eigenvalue weighted by Gasteiger charge is 2.35. The summed E-state index contributed by atoms with van der Waals surface area (Å²) in [5.74, 6) is -1.21. The summed E-state index contributed by atoms with van der Waals surface area (Å²) in [6, 6.07) is 1.34. The zero-order chi connectivity index (χ0) is 14.5. The summed E-state index contributed by atoms with van der Waals surface area (Å²) in [5, 5.41) is 2.55. The van der Waals surface area contributed by atoms with Crippen molar-refractivity contribution in [3.05, 3.63) is 11.9 Å². The van der Waals surface area contributed by atoms with Crippen LogP contribution in [0.2, 0.25) is 0 Å². The van der Waals surface area contributed by atoms with Crippen molar-refractivity contribution < 1.29 is 17.9 Å². The van der Waals surface area contributed by atoms with Crippen molar-refractivity contribution in [2.75, 3.05) is 39.6 Å². The number of halogens is 3. The molecular weight excluding hydrogens is 261 g/mol. The smallest absolute Gasteiger partial charge is 0.451 e. The molecule has 108 valence electrons. The van der Waals surface area contributed by atoms with Crippen molar-refractivity contribution >= 4 is 5.82 Å². The summed E-state index contributed by atoms with van der Waals surface area (Å²) < 4.78 is 42.9. The predicted molar refractivity (Wildman–Crippen MR) is 65.2 cm³/mol. The third-order valence-electron chi connectivity index (χ3n) is 2.21. The van der Waals surface area contributed by atoms with E-state index in [-0.39, 0.29) is 11.7 Å². The van der Waals surface area contributed by atoms with Crippen LogP contribution in [0.5, 0.6) is 5.88 Å². The molecule has 0 unspecified atom stereocenters. The lowest BCUT2D eigenvalue weighted by Gasteiger charge is -2.12. The van der Waals surface area contributed by atoms with E-state index in [4.69, 9.17) is 4.74 Å². The Kier molecular flexibility index (Phi) is 5.34. The van der Waals surface area contributed by atoms with Gasteiger partial charge in [0.2, 0.25) is 11.7 Å². The fourth-order valence-corrected chi connectivity index (χ4v) is 1.31. The minimum Gasteiger partial charge on any atom is -0.477 e. The Labute approximate surface area is 109 Å². The monoisotopic (exact) mass is 278 g/mol. The zero-order valence-electron chi connectivity index (χ0n) is 11.1. The lowest BCUT2D eigenvalue weighted by atomic mass is 10.4. The van der Waals surface area contributed by atoms with Crippen molar-refractivity contribution in [1.29, 1.82) is 0 Å². The van der Waals surface area contributed by atoms with Gasteiger partial charge in [0.1, 0.15) is 5.82 Å². The molecule has 0 radical (unpaired) electrons. The molecule has 1 aromatic heterocycles. The first kappa shape index (κ1) is 15.5. The largest absolute Gasteiger partial charge is 0.477 e. The number of ether oxygens (including phenoxy) is 1. The minimum absolute atomic E-state index is 0.0740. The van der Waals surface area contributed by atoms with Gasteiger partial charge in [0.15, 0.2) is 0 Å². The van der Waals surface area contributed by atoms with Crippen molar-refractivity contribution in [3.8, 4) is 5.88 Å². The van der Waals surface area contributed by atoms with Crippen molar-refractivity contribution in [2.45, 2.75) is 12.6 Å². The maximum absolute atomic E-state index is 12.6. The highest BCUT2D eigenvalue weighted by atomic mass is 19.4. The molecule has 1 N–H and O–H groups in total. The van der Waals surface area contributed by atoms with E-state index in [1.165, 1.54) is 13.1 Å². The quantitative estimate of drug-likeness (QED) is 0.805. The van der Waals surface area contributed by atoms with Gasteiger partial charge in [-0.15, -0.1) is 0 Å². The van der Waals surface area contributed by atoms with Crippen LogP contribution in [0.4, 0.5) is 19.0 Å². The van der Waals surface area contributed by atoms with Gasteiger partial charge >= 0.3 is 6.18 Å². The molecule has 0 aromatic carbocycles. The van der Waals surface area contributed by atoms with Gasteiger partial charge in [0.25, 0.3) is 0 Å². The Bertz CT molecular complexity index is 409. The van der Waals surface area contributed by atoms with Gasteiger partial charge in [-0.1, -0.05) is 0 Å². The van der Waals surface area contributed by atoms with Crippen LogP contribution in [0.15, 0.2) is 6.07 Å². The molecule has 0 aliphatic heterocycles. The average Bonchev–Trinajstić information content (AvgIpc) is 2.33. The van der Waals surface area contributed by atoms with E-state index in [1.807, 2.05) is 19.0 Å². The van der Waals surface area contributed by atoms with Gasteiger partial charge in [0.05, 0.1) is 6.61 Å². The highest BCUT2D eigenvalue weighted by Crippen LogP contribution is 2.28. The maximum atomic E-state index is 12.6. The van der Waals surface area contributed by atoms with Gasteiger partial charge in [-0.2, -0.15) is 18.2 Å². The normalized spacial score (nSPS) is 11.7. The summed E-state index contributed by atoms with van der Waals surface area (Å²) in [6.07, 6.45) is -3.89. The van der Waals surface area contributed by atoms with E-state index >= 15 is 0 Å². The number of anilines is 1. The van der Waals surface area contributed by atoms with Crippen LogP contribution < -0.4 is 10.1 Å². The van der Waals surface area contributed by atoms with Crippen molar-refractivity contribution in [2.24, 2.45) is 0 Å². The molecule has 0 spiro atoms. The van der Waals surface area contributed by atoms with Crippen LogP contribution in [-0.4, -0.2) is 49.2 Å². The maximum Gasteiger partial charge on any atom is 0.451 e. The lowest BCUT2D eigenvalue weighted by molar-refractivity contribution is -0.145. The van der Waals surface area contributed by atoms with E-state index in [2.05, 4.69) is 15.3 Å². The summed E-state index contributed by atoms with van der Waals surface area (Å²) in [5.41, 5.74) is 0. The molecule has 0 saturated carbocycles. The molecular formula is C11H17F3N4O. The van der Waals surface area contributed by atoms with Gasteiger partial charge in [0, 0.05) is 19.7 Å². The van der Waals surface area contributed by atoms with Crippen LogP contribution in [0.3, 0.4) is 0 Å². The molecule has 0 atom stereocenters. The first-order valence-corrected chi connectivity index (χ1v) is 5.74. The second-order valence-electron chi connectivity index (χ2n) is 4.17. The molecule has 19 heavy (non-hydrogen) atoms. The number of nitrogens with one attached hydrogen (secondary N) is 1. The molecule has 5 nitrogen and oxygen atoms in total. The Morgan fingerprint density at radius 2 is 2.00 bits per heavy atom. The van der Waals surface area contributed by atoms with E-state index < -0.39 is 12.0 Å². The molecule has 0 bridgehead atoms. The summed E-state index contributed by atoms with van der Waals surface area (Å²) in [6.45, 7) is 1.09. The first-order valence-electron chi connectivity index (χ1n) is 5.74. The molecule has 1 aromatic rings. The second kappa shape index (κ2) is 6.55. The number of rotatable bonds is 6. The Morgan fingerprint density at radius 1 is 1.32 bits per heavy atom. The molecule has 1 heterocycles. The highest BCUT2D eigenvalue weighted by molar-refractivity contribution is 5.38. The van der Waals surface area contributed by atoms with Crippen molar-refractivity contribution in [1.82, 2.24) is 14.9 Å². The minimum atomic E-state index is -4.59. The Morgan fingerprint density at radius 3 is 2.53 bits per heavy atom. The van der Waals surface area contributed by atoms with Gasteiger partial charge in [-0.3, -0.25) is 0 Å². The molecule has 0 aliphatic rings. The SMILES string of the molecule is CNc1cc(OCCCN(C)C)nc(C(F)(F)F)n1. The molecule has 8 heteroatoms. The van der Waals surface area contributed by atoms with E-state index in [0.717, 1.165) is 6.54 Å².